The number of hydrogen-bond acceptors (Lipinski definition) is 2. The number of anilines is 5. The molecule has 6 rings (SSSR count). The van der Waals surface area contributed by atoms with Crippen LogP contribution in [0.5, 0.6) is 0 Å². The number of fused-ring (bicyclic) bond motifs is 3. The molecular formula is C32H26N2. The quantitative estimate of drug-likeness (QED) is 0.289. The van der Waals surface area contributed by atoms with E-state index in [9.17, 15) is 0 Å². The molecule has 0 spiro atoms. The molecule has 0 heterocycles. The van der Waals surface area contributed by atoms with E-state index >= 15 is 0 Å². The summed E-state index contributed by atoms with van der Waals surface area (Å²) in [5.41, 5.74) is 12.5. The Hall–Kier alpha value is -4.30. The third-order valence-electron chi connectivity index (χ3n) is 6.55. The number of rotatable bonds is 5. The van der Waals surface area contributed by atoms with Crippen LogP contribution in [0.2, 0.25) is 0 Å². The molecule has 0 unspecified atom stereocenters. The molecular weight excluding hydrogens is 412 g/mol. The zero-order valence-electron chi connectivity index (χ0n) is 19.2. The summed E-state index contributed by atoms with van der Waals surface area (Å²) in [6.45, 7) is 2.19. The van der Waals surface area contributed by atoms with Gasteiger partial charge in [0.2, 0.25) is 0 Å². The Kier molecular flexibility index (Phi) is 5.12. The van der Waals surface area contributed by atoms with Gasteiger partial charge in [0.25, 0.3) is 0 Å². The fourth-order valence-corrected chi connectivity index (χ4v) is 4.88. The van der Waals surface area contributed by atoms with Gasteiger partial charge in [-0.3, -0.25) is 0 Å². The average molecular weight is 439 g/mol. The highest BCUT2D eigenvalue weighted by atomic mass is 15.1. The van der Waals surface area contributed by atoms with Crippen molar-refractivity contribution >= 4 is 28.4 Å². The third kappa shape index (κ3) is 3.74. The van der Waals surface area contributed by atoms with Crippen molar-refractivity contribution < 1.29 is 0 Å². The Morgan fingerprint density at radius 1 is 0.559 bits per heavy atom. The monoisotopic (exact) mass is 438 g/mol. The van der Waals surface area contributed by atoms with E-state index in [0.717, 1.165) is 23.5 Å². The molecule has 1 N–H and O–H groups in total. The maximum Gasteiger partial charge on any atom is 0.0467 e. The normalized spacial score (nSPS) is 11.6. The summed E-state index contributed by atoms with van der Waals surface area (Å²) in [6.07, 6.45) is 0.964. The number of hydrogen-bond donors (Lipinski definition) is 1. The van der Waals surface area contributed by atoms with E-state index in [1.807, 2.05) is 6.07 Å². The van der Waals surface area contributed by atoms with Gasteiger partial charge in [-0.25, -0.2) is 0 Å². The molecule has 0 radical (unpaired) electrons. The van der Waals surface area contributed by atoms with Gasteiger partial charge >= 0.3 is 0 Å². The molecule has 1 aliphatic rings. The number of nitrogens with zero attached hydrogens (tertiary/aromatic N) is 1. The summed E-state index contributed by atoms with van der Waals surface area (Å²) in [5, 5.41) is 3.59. The van der Waals surface area contributed by atoms with Gasteiger partial charge in [-0.15, -0.1) is 0 Å². The fraction of sp³-hybridized carbons (Fsp3) is 0.0625. The van der Waals surface area contributed by atoms with Crippen molar-refractivity contribution in [2.75, 3.05) is 10.2 Å². The predicted octanol–water partition coefficient (Wildman–Crippen LogP) is 8.78. The molecule has 5 aromatic carbocycles. The van der Waals surface area contributed by atoms with Crippen molar-refractivity contribution in [1.29, 1.82) is 0 Å². The summed E-state index contributed by atoms with van der Waals surface area (Å²) >= 11 is 0. The van der Waals surface area contributed by atoms with Gasteiger partial charge in [-0.1, -0.05) is 60.7 Å². The van der Waals surface area contributed by atoms with Crippen molar-refractivity contribution in [3.63, 3.8) is 0 Å². The first-order valence-corrected chi connectivity index (χ1v) is 11.8. The first kappa shape index (κ1) is 20.3. The lowest BCUT2D eigenvalue weighted by molar-refractivity contribution is 1.24. The van der Waals surface area contributed by atoms with E-state index in [2.05, 4.69) is 132 Å². The smallest absolute Gasteiger partial charge is 0.0467 e. The molecule has 0 atom stereocenters. The van der Waals surface area contributed by atoms with Crippen LogP contribution in [0.25, 0.3) is 11.1 Å². The van der Waals surface area contributed by atoms with Crippen LogP contribution in [0.3, 0.4) is 0 Å². The van der Waals surface area contributed by atoms with Crippen LogP contribution in [-0.4, -0.2) is 0 Å². The van der Waals surface area contributed by atoms with Crippen LogP contribution in [0.4, 0.5) is 28.4 Å². The molecule has 2 heteroatoms. The maximum atomic E-state index is 3.59. The fourth-order valence-electron chi connectivity index (χ4n) is 4.88. The minimum atomic E-state index is 0.964. The van der Waals surface area contributed by atoms with Crippen molar-refractivity contribution in [3.8, 4) is 11.1 Å². The average Bonchev–Trinajstić information content (AvgIpc) is 3.23. The highest BCUT2D eigenvalue weighted by Gasteiger charge is 2.22. The van der Waals surface area contributed by atoms with Crippen LogP contribution in [0.1, 0.15) is 16.7 Å². The summed E-state index contributed by atoms with van der Waals surface area (Å²) in [6, 6.07) is 43.1. The van der Waals surface area contributed by atoms with E-state index < -0.39 is 0 Å². The van der Waals surface area contributed by atoms with Gasteiger partial charge in [0, 0.05) is 28.4 Å². The van der Waals surface area contributed by atoms with Crippen LogP contribution in [-0.2, 0) is 6.42 Å². The standard InChI is InChI=1S/C32H26N2/c1-23-19-30-25(21-32(23)33-26-11-5-2-6-12-26)20-24-17-18-29(22-31(24)30)34(27-13-7-3-8-14-27)28-15-9-4-10-16-28/h2-19,21-22,33H,20H2,1H3. The third-order valence-corrected chi connectivity index (χ3v) is 6.55. The molecule has 1 aliphatic carbocycles. The summed E-state index contributed by atoms with van der Waals surface area (Å²) in [7, 11) is 0. The molecule has 164 valence electrons. The molecule has 34 heavy (non-hydrogen) atoms. The Morgan fingerprint density at radius 3 is 1.79 bits per heavy atom. The van der Waals surface area contributed by atoms with E-state index in [0.29, 0.717) is 0 Å². The second-order valence-electron chi connectivity index (χ2n) is 8.84. The summed E-state index contributed by atoms with van der Waals surface area (Å²) in [5.74, 6) is 0. The van der Waals surface area contributed by atoms with Gasteiger partial charge in [0.1, 0.15) is 0 Å². The molecule has 0 aromatic heterocycles. The van der Waals surface area contributed by atoms with E-state index in [1.54, 1.807) is 0 Å². The second kappa shape index (κ2) is 8.57. The number of nitrogens with one attached hydrogen (secondary N) is 1. The number of para-hydroxylation sites is 3. The molecule has 5 aromatic rings. The van der Waals surface area contributed by atoms with Gasteiger partial charge in [-0.2, -0.15) is 0 Å². The zero-order valence-corrected chi connectivity index (χ0v) is 19.2. The molecule has 0 amide bonds. The van der Waals surface area contributed by atoms with E-state index in [1.165, 1.54) is 39.2 Å². The van der Waals surface area contributed by atoms with Gasteiger partial charge in [0.05, 0.1) is 0 Å². The summed E-state index contributed by atoms with van der Waals surface area (Å²) < 4.78 is 0. The first-order valence-electron chi connectivity index (χ1n) is 11.8. The zero-order chi connectivity index (χ0) is 22.9. The van der Waals surface area contributed by atoms with Crippen LogP contribution in [0, 0.1) is 6.92 Å². The van der Waals surface area contributed by atoms with Crippen LogP contribution < -0.4 is 10.2 Å². The van der Waals surface area contributed by atoms with Crippen LogP contribution in [0.15, 0.2) is 121 Å². The van der Waals surface area contributed by atoms with Gasteiger partial charge < -0.3 is 10.2 Å². The van der Waals surface area contributed by atoms with Crippen molar-refractivity contribution in [2.45, 2.75) is 13.3 Å². The van der Waals surface area contributed by atoms with Crippen molar-refractivity contribution in [1.82, 2.24) is 0 Å². The Balaban J connectivity index is 1.41. The SMILES string of the molecule is Cc1cc2c(cc1Nc1ccccc1)Cc1ccc(N(c3ccccc3)c3ccccc3)cc1-2. The largest absolute Gasteiger partial charge is 0.355 e. The molecule has 0 bridgehead atoms. The van der Waals surface area contributed by atoms with Crippen molar-refractivity contribution in [2.24, 2.45) is 0 Å². The highest BCUT2D eigenvalue weighted by molar-refractivity contribution is 5.86. The lowest BCUT2D eigenvalue weighted by atomic mass is 10.0. The van der Waals surface area contributed by atoms with Gasteiger partial charge in [-0.05, 0) is 102 Å². The van der Waals surface area contributed by atoms with Crippen LogP contribution >= 0.6 is 0 Å². The second-order valence-corrected chi connectivity index (χ2v) is 8.84. The van der Waals surface area contributed by atoms with Crippen molar-refractivity contribution in [3.05, 3.63) is 138 Å². The summed E-state index contributed by atoms with van der Waals surface area (Å²) in [4.78, 5) is 2.33. The minimum absolute atomic E-state index is 0.964. The number of benzene rings is 5. The van der Waals surface area contributed by atoms with E-state index in [-0.39, 0.29) is 0 Å². The lowest BCUT2D eigenvalue weighted by Crippen LogP contribution is -2.09. The van der Waals surface area contributed by atoms with Gasteiger partial charge in [0.15, 0.2) is 0 Å². The predicted molar refractivity (Wildman–Crippen MR) is 144 cm³/mol. The number of aryl methyl sites for hydroxylation is 1. The first-order chi connectivity index (χ1) is 16.8. The van der Waals surface area contributed by atoms with E-state index in [4.69, 9.17) is 0 Å². The molecule has 0 saturated carbocycles. The topological polar surface area (TPSA) is 15.3 Å². The molecule has 0 fully saturated rings. The Morgan fingerprint density at radius 2 is 1.15 bits per heavy atom. The molecule has 2 nitrogen and oxygen atoms in total. The minimum Gasteiger partial charge on any atom is -0.355 e. The Bertz CT molecular complexity index is 1400. The Labute approximate surface area is 201 Å². The lowest BCUT2D eigenvalue weighted by Gasteiger charge is -2.26. The molecule has 0 aliphatic heterocycles. The maximum absolute atomic E-state index is 3.59. The highest BCUT2D eigenvalue weighted by Crippen LogP contribution is 2.43. The molecule has 0 saturated heterocycles.